The summed E-state index contributed by atoms with van der Waals surface area (Å²) in [6, 6.07) is 10.3. The van der Waals surface area contributed by atoms with Gasteiger partial charge in [0.25, 0.3) is 5.91 Å². The lowest BCUT2D eigenvalue weighted by atomic mass is 9.92. The number of nitrogens with zero attached hydrogens (tertiary/aromatic N) is 2. The van der Waals surface area contributed by atoms with Crippen molar-refractivity contribution in [2.75, 3.05) is 6.54 Å². The van der Waals surface area contributed by atoms with Crippen LogP contribution in [-0.4, -0.2) is 28.4 Å². The van der Waals surface area contributed by atoms with Crippen molar-refractivity contribution >= 4 is 23.5 Å². The number of amides is 3. The van der Waals surface area contributed by atoms with Gasteiger partial charge < -0.3 is 5.32 Å². The number of pyridine rings is 1. The van der Waals surface area contributed by atoms with Crippen LogP contribution in [0, 0.1) is 0 Å². The van der Waals surface area contributed by atoms with Crippen LogP contribution in [0.3, 0.4) is 0 Å². The standard InChI is InChI=1S/C17H16ClN3O2/c1-17(13-3-2-4-14(18)11-13)15(22)21(16(23)20-17)10-7-12-5-8-19-9-6-12/h2-6,8-9,11H,7,10H2,1H3,(H,20,23)/t17-/m0/s1. The smallest absolute Gasteiger partial charge is 0.319 e. The van der Waals surface area contributed by atoms with E-state index in [4.69, 9.17) is 11.6 Å². The van der Waals surface area contributed by atoms with Crippen LogP contribution in [-0.2, 0) is 16.8 Å². The molecule has 1 N–H and O–H groups in total. The van der Waals surface area contributed by atoms with E-state index < -0.39 is 5.54 Å². The first kappa shape index (κ1) is 15.5. The number of carbonyl (C=O) groups excluding carboxylic acids is 2. The second-order valence-corrected chi connectivity index (χ2v) is 6.06. The Hall–Kier alpha value is -2.40. The van der Waals surface area contributed by atoms with E-state index in [-0.39, 0.29) is 11.9 Å². The monoisotopic (exact) mass is 329 g/mol. The quantitative estimate of drug-likeness (QED) is 0.877. The molecule has 0 saturated carbocycles. The van der Waals surface area contributed by atoms with Gasteiger partial charge in [-0.2, -0.15) is 0 Å². The summed E-state index contributed by atoms with van der Waals surface area (Å²) < 4.78 is 0. The molecule has 3 rings (SSSR count). The third-order valence-electron chi connectivity index (χ3n) is 4.05. The van der Waals surface area contributed by atoms with Crippen molar-refractivity contribution in [1.82, 2.24) is 15.2 Å². The zero-order valence-electron chi connectivity index (χ0n) is 12.6. The van der Waals surface area contributed by atoms with Gasteiger partial charge in [0.1, 0.15) is 5.54 Å². The fourth-order valence-electron chi connectivity index (χ4n) is 2.69. The van der Waals surface area contributed by atoms with Gasteiger partial charge in [-0.15, -0.1) is 0 Å². The average Bonchev–Trinajstić information content (AvgIpc) is 2.77. The third kappa shape index (κ3) is 2.92. The number of carbonyl (C=O) groups is 2. The SMILES string of the molecule is C[C@@]1(c2cccc(Cl)c2)NC(=O)N(CCc2ccncc2)C1=O. The lowest BCUT2D eigenvalue weighted by Crippen LogP contribution is -2.41. The molecule has 1 aliphatic heterocycles. The molecule has 1 aromatic heterocycles. The molecule has 1 saturated heterocycles. The van der Waals surface area contributed by atoms with E-state index in [9.17, 15) is 9.59 Å². The summed E-state index contributed by atoms with van der Waals surface area (Å²) in [5, 5.41) is 3.31. The summed E-state index contributed by atoms with van der Waals surface area (Å²) in [6.45, 7) is 2.02. The Morgan fingerprint density at radius 3 is 2.65 bits per heavy atom. The number of aromatic nitrogens is 1. The molecule has 1 aromatic carbocycles. The van der Waals surface area contributed by atoms with Crippen molar-refractivity contribution in [3.8, 4) is 0 Å². The minimum absolute atomic E-state index is 0.265. The van der Waals surface area contributed by atoms with Crippen LogP contribution in [0.25, 0.3) is 0 Å². The van der Waals surface area contributed by atoms with Crippen molar-refractivity contribution in [3.05, 3.63) is 64.9 Å². The summed E-state index contributed by atoms with van der Waals surface area (Å²) in [4.78, 5) is 30.2. The van der Waals surface area contributed by atoms with Crippen molar-refractivity contribution in [1.29, 1.82) is 0 Å². The first-order valence-corrected chi connectivity index (χ1v) is 7.67. The minimum Gasteiger partial charge on any atom is -0.319 e. The Morgan fingerprint density at radius 1 is 1.22 bits per heavy atom. The van der Waals surface area contributed by atoms with E-state index in [0.29, 0.717) is 23.6 Å². The van der Waals surface area contributed by atoms with E-state index in [1.54, 1.807) is 43.6 Å². The molecule has 3 amide bonds. The molecular formula is C17H16ClN3O2. The first-order chi connectivity index (χ1) is 11.0. The maximum Gasteiger partial charge on any atom is 0.325 e. The Kier molecular flexibility index (Phi) is 4.05. The summed E-state index contributed by atoms with van der Waals surface area (Å²) >= 11 is 6.00. The van der Waals surface area contributed by atoms with Crippen LogP contribution in [0.5, 0.6) is 0 Å². The molecule has 0 spiro atoms. The molecule has 23 heavy (non-hydrogen) atoms. The van der Waals surface area contributed by atoms with Gasteiger partial charge in [-0.1, -0.05) is 23.7 Å². The molecule has 0 aliphatic carbocycles. The van der Waals surface area contributed by atoms with Gasteiger partial charge >= 0.3 is 6.03 Å². The maximum absolute atomic E-state index is 12.8. The molecule has 6 heteroatoms. The summed E-state index contributed by atoms with van der Waals surface area (Å²) in [5.74, 6) is -0.265. The molecule has 0 bridgehead atoms. The molecule has 118 valence electrons. The molecule has 2 heterocycles. The van der Waals surface area contributed by atoms with E-state index in [2.05, 4.69) is 10.3 Å². The van der Waals surface area contributed by atoms with Gasteiger partial charge in [0.05, 0.1) is 0 Å². The predicted molar refractivity (Wildman–Crippen MR) is 87.0 cm³/mol. The van der Waals surface area contributed by atoms with Crippen LogP contribution >= 0.6 is 11.6 Å². The fourth-order valence-corrected chi connectivity index (χ4v) is 2.88. The normalized spacial score (nSPS) is 20.7. The van der Waals surface area contributed by atoms with E-state index in [1.807, 2.05) is 12.1 Å². The van der Waals surface area contributed by atoms with Gasteiger partial charge in [-0.25, -0.2) is 4.79 Å². The topological polar surface area (TPSA) is 62.3 Å². The van der Waals surface area contributed by atoms with Crippen LogP contribution in [0.15, 0.2) is 48.8 Å². The number of halogens is 1. The highest BCUT2D eigenvalue weighted by molar-refractivity contribution is 6.30. The highest BCUT2D eigenvalue weighted by atomic mass is 35.5. The van der Waals surface area contributed by atoms with Gasteiger partial charge in [-0.05, 0) is 48.7 Å². The number of nitrogens with one attached hydrogen (secondary N) is 1. The van der Waals surface area contributed by atoms with Crippen molar-refractivity contribution in [2.45, 2.75) is 18.9 Å². The van der Waals surface area contributed by atoms with Crippen LogP contribution in [0.1, 0.15) is 18.1 Å². The molecule has 1 aliphatic rings. The lowest BCUT2D eigenvalue weighted by Gasteiger charge is -2.22. The fraction of sp³-hybridized carbons (Fsp3) is 0.235. The summed E-state index contributed by atoms with van der Waals surface area (Å²) in [6.07, 6.45) is 3.97. The Labute approximate surface area is 139 Å². The van der Waals surface area contributed by atoms with Crippen molar-refractivity contribution in [2.24, 2.45) is 0 Å². The Bertz CT molecular complexity index is 751. The molecule has 0 unspecified atom stereocenters. The summed E-state index contributed by atoms with van der Waals surface area (Å²) in [5.41, 5.74) is 0.618. The van der Waals surface area contributed by atoms with Crippen LogP contribution in [0.2, 0.25) is 5.02 Å². The van der Waals surface area contributed by atoms with E-state index in [1.165, 1.54) is 4.90 Å². The van der Waals surface area contributed by atoms with Crippen molar-refractivity contribution < 1.29 is 9.59 Å². The number of benzene rings is 1. The highest BCUT2D eigenvalue weighted by Crippen LogP contribution is 2.30. The largest absolute Gasteiger partial charge is 0.325 e. The summed E-state index contributed by atoms with van der Waals surface area (Å²) in [7, 11) is 0. The zero-order valence-corrected chi connectivity index (χ0v) is 13.4. The Morgan fingerprint density at radius 2 is 1.96 bits per heavy atom. The maximum atomic E-state index is 12.8. The Balaban J connectivity index is 1.79. The second kappa shape index (κ2) is 6.01. The average molecular weight is 330 g/mol. The molecule has 0 radical (unpaired) electrons. The molecule has 1 fully saturated rings. The molecule has 2 aromatic rings. The van der Waals surface area contributed by atoms with Gasteiger partial charge in [-0.3, -0.25) is 14.7 Å². The van der Waals surface area contributed by atoms with E-state index in [0.717, 1.165) is 5.56 Å². The number of urea groups is 1. The van der Waals surface area contributed by atoms with Crippen molar-refractivity contribution in [3.63, 3.8) is 0 Å². The predicted octanol–water partition coefficient (Wildman–Crippen LogP) is 2.74. The van der Waals surface area contributed by atoms with Crippen LogP contribution in [0.4, 0.5) is 4.79 Å². The van der Waals surface area contributed by atoms with Gasteiger partial charge in [0.15, 0.2) is 0 Å². The molecule has 1 atom stereocenters. The molecule has 5 nitrogen and oxygen atoms in total. The number of hydrogen-bond donors (Lipinski definition) is 1. The second-order valence-electron chi connectivity index (χ2n) is 5.63. The van der Waals surface area contributed by atoms with Crippen LogP contribution < -0.4 is 5.32 Å². The number of rotatable bonds is 4. The van der Waals surface area contributed by atoms with Gasteiger partial charge in [0.2, 0.25) is 0 Å². The highest BCUT2D eigenvalue weighted by Gasteiger charge is 2.48. The minimum atomic E-state index is -1.08. The lowest BCUT2D eigenvalue weighted by molar-refractivity contribution is -0.131. The molecular weight excluding hydrogens is 314 g/mol. The zero-order chi connectivity index (χ0) is 16.4. The number of hydrogen-bond acceptors (Lipinski definition) is 3. The van der Waals surface area contributed by atoms with Gasteiger partial charge in [0, 0.05) is 24.0 Å². The third-order valence-corrected chi connectivity index (χ3v) is 4.29. The number of imide groups is 1. The first-order valence-electron chi connectivity index (χ1n) is 7.30. The van der Waals surface area contributed by atoms with E-state index >= 15 is 0 Å².